The Kier molecular flexibility index (Phi) is 5.12. The van der Waals surface area contributed by atoms with E-state index in [1.807, 2.05) is 36.4 Å². The van der Waals surface area contributed by atoms with Crippen molar-refractivity contribution < 1.29 is 13.2 Å². The first-order chi connectivity index (χ1) is 17.0. The van der Waals surface area contributed by atoms with Gasteiger partial charge < -0.3 is 10.3 Å². The molecule has 6 nitrogen and oxygen atoms in total. The number of rotatable bonds is 5. The molecule has 0 aliphatic carbocycles. The Labute approximate surface area is 205 Å². The highest BCUT2D eigenvalue weighted by atomic mass is 32.2. The predicted octanol–water partition coefficient (Wildman–Crippen LogP) is 5.69. The Bertz CT molecular complexity index is 1800. The van der Waals surface area contributed by atoms with Crippen LogP contribution in [0.2, 0.25) is 0 Å². The van der Waals surface area contributed by atoms with Crippen molar-refractivity contribution in [2.24, 2.45) is 0 Å². The van der Waals surface area contributed by atoms with Gasteiger partial charge in [0.05, 0.1) is 14.5 Å². The zero-order chi connectivity index (χ0) is 24.0. The summed E-state index contributed by atoms with van der Waals surface area (Å²) in [7, 11) is -3.71. The number of aromatic nitrogens is 2. The van der Waals surface area contributed by atoms with Gasteiger partial charge in [-0.1, -0.05) is 42.5 Å². The Hall–Kier alpha value is -4.01. The summed E-state index contributed by atoms with van der Waals surface area (Å²) in [6.45, 7) is 0.276. The van der Waals surface area contributed by atoms with Crippen molar-refractivity contribution in [3.63, 3.8) is 0 Å². The Morgan fingerprint density at radius 3 is 2.57 bits per heavy atom. The van der Waals surface area contributed by atoms with E-state index in [0.717, 1.165) is 36.6 Å². The lowest BCUT2D eigenvalue weighted by Crippen LogP contribution is -2.23. The normalized spacial score (nSPS) is 11.9. The van der Waals surface area contributed by atoms with Crippen molar-refractivity contribution in [1.82, 2.24) is 15.3 Å². The van der Waals surface area contributed by atoms with Gasteiger partial charge in [0.2, 0.25) is 9.84 Å². The lowest BCUT2D eigenvalue weighted by Gasteiger charge is -2.08. The zero-order valence-corrected chi connectivity index (χ0v) is 20.0. The molecule has 3 heterocycles. The number of thiophene rings is 1. The van der Waals surface area contributed by atoms with E-state index in [4.69, 9.17) is 0 Å². The number of carbonyl (C=O) groups is 1. The van der Waals surface area contributed by atoms with Gasteiger partial charge in [-0.2, -0.15) is 0 Å². The molecule has 3 aromatic heterocycles. The van der Waals surface area contributed by atoms with Crippen LogP contribution in [0.3, 0.4) is 0 Å². The van der Waals surface area contributed by atoms with E-state index in [1.54, 1.807) is 54.9 Å². The zero-order valence-electron chi connectivity index (χ0n) is 18.4. The number of pyridine rings is 1. The third-order valence-electron chi connectivity index (χ3n) is 6.01. The van der Waals surface area contributed by atoms with Crippen LogP contribution in [0, 0.1) is 0 Å². The molecule has 172 valence electrons. The van der Waals surface area contributed by atoms with Gasteiger partial charge in [0.1, 0.15) is 5.69 Å². The first-order valence-electron chi connectivity index (χ1n) is 11.0. The van der Waals surface area contributed by atoms with E-state index in [-0.39, 0.29) is 17.3 Å². The lowest BCUT2D eigenvalue weighted by molar-refractivity contribution is 0.0946. The summed E-state index contributed by atoms with van der Waals surface area (Å²) < 4.78 is 28.8. The maximum absolute atomic E-state index is 13.5. The maximum atomic E-state index is 13.5. The molecule has 1 amide bonds. The summed E-state index contributed by atoms with van der Waals surface area (Å²) >= 11 is 1.49. The standard InChI is InChI=1S/C27H19N3O3S2/c31-27(23-14-18-16-28-13-12-22(18)30-23)29-15-17-8-10-19(11-9-17)35(32,33)25-7-3-5-21-20-4-1-2-6-24(20)34-26(21)25/h1-14,16,30H,15H2,(H,29,31). The largest absolute Gasteiger partial charge is 0.350 e. The van der Waals surface area contributed by atoms with Gasteiger partial charge in [-0.3, -0.25) is 9.78 Å². The smallest absolute Gasteiger partial charge is 0.267 e. The van der Waals surface area contributed by atoms with Crippen LogP contribution in [0.15, 0.2) is 101 Å². The summed E-state index contributed by atoms with van der Waals surface area (Å²) in [6.07, 6.45) is 3.36. The topological polar surface area (TPSA) is 91.9 Å². The number of sulfone groups is 1. The van der Waals surface area contributed by atoms with Crippen LogP contribution in [-0.4, -0.2) is 24.3 Å². The van der Waals surface area contributed by atoms with Crippen molar-refractivity contribution in [3.8, 4) is 0 Å². The minimum absolute atomic E-state index is 0.223. The molecule has 0 bridgehead atoms. The van der Waals surface area contributed by atoms with Crippen LogP contribution < -0.4 is 5.32 Å². The monoisotopic (exact) mass is 497 g/mol. The van der Waals surface area contributed by atoms with Gasteiger partial charge in [-0.15, -0.1) is 11.3 Å². The molecule has 0 radical (unpaired) electrons. The number of H-pyrrole nitrogens is 1. The summed E-state index contributed by atoms with van der Waals surface area (Å²) in [4.78, 5) is 20.2. The van der Waals surface area contributed by atoms with Crippen molar-refractivity contribution in [2.75, 3.05) is 0 Å². The highest BCUT2D eigenvalue weighted by molar-refractivity contribution is 7.92. The van der Waals surface area contributed by atoms with Gasteiger partial charge in [-0.05, 0) is 42.0 Å². The number of nitrogens with one attached hydrogen (secondary N) is 2. The fourth-order valence-corrected chi connectivity index (χ4v) is 7.14. The second-order valence-corrected chi connectivity index (χ2v) is 11.2. The van der Waals surface area contributed by atoms with Crippen molar-refractivity contribution in [1.29, 1.82) is 0 Å². The number of aromatic amines is 1. The van der Waals surface area contributed by atoms with E-state index in [0.29, 0.717) is 10.6 Å². The summed E-state index contributed by atoms with van der Waals surface area (Å²) in [5.74, 6) is -0.241. The molecule has 0 unspecified atom stereocenters. The summed E-state index contributed by atoms with van der Waals surface area (Å²) in [5.41, 5.74) is 2.09. The highest BCUT2D eigenvalue weighted by Crippen LogP contribution is 2.39. The molecule has 0 saturated carbocycles. The third kappa shape index (κ3) is 3.77. The first-order valence-corrected chi connectivity index (χ1v) is 13.3. The lowest BCUT2D eigenvalue weighted by atomic mass is 10.1. The highest BCUT2D eigenvalue weighted by Gasteiger charge is 2.22. The number of hydrogen-bond acceptors (Lipinski definition) is 5. The molecule has 0 saturated heterocycles. The van der Waals surface area contributed by atoms with Crippen LogP contribution in [0.4, 0.5) is 0 Å². The third-order valence-corrected chi connectivity index (χ3v) is 9.17. The fourth-order valence-electron chi connectivity index (χ4n) is 4.22. The second-order valence-electron chi connectivity index (χ2n) is 8.21. The molecule has 3 aromatic carbocycles. The Balaban J connectivity index is 1.24. The van der Waals surface area contributed by atoms with Crippen LogP contribution in [0.25, 0.3) is 31.1 Å². The van der Waals surface area contributed by atoms with Gasteiger partial charge in [0, 0.05) is 45.3 Å². The SMILES string of the molecule is O=C(NCc1ccc(S(=O)(=O)c2cccc3c2sc2ccccc23)cc1)c1cc2cnccc2[nH]1. The molecular formula is C27H19N3O3S2. The number of amides is 1. The van der Waals surface area contributed by atoms with Gasteiger partial charge in [0.25, 0.3) is 5.91 Å². The molecule has 6 rings (SSSR count). The van der Waals surface area contributed by atoms with Gasteiger partial charge in [0.15, 0.2) is 0 Å². The quantitative estimate of drug-likeness (QED) is 0.320. The molecule has 8 heteroatoms. The maximum Gasteiger partial charge on any atom is 0.267 e. The van der Waals surface area contributed by atoms with E-state index in [9.17, 15) is 13.2 Å². The molecule has 6 aromatic rings. The average Bonchev–Trinajstić information content (AvgIpc) is 3.49. The van der Waals surface area contributed by atoms with Gasteiger partial charge in [-0.25, -0.2) is 8.42 Å². The molecule has 0 atom stereocenters. The number of nitrogens with zero attached hydrogens (tertiary/aromatic N) is 1. The molecule has 0 spiro atoms. The molecule has 0 aliphatic heterocycles. The second kappa shape index (κ2) is 8.33. The van der Waals surface area contributed by atoms with E-state index >= 15 is 0 Å². The number of hydrogen-bond donors (Lipinski definition) is 2. The Morgan fingerprint density at radius 2 is 1.74 bits per heavy atom. The molecular weight excluding hydrogens is 478 g/mol. The number of carbonyl (C=O) groups excluding carboxylic acids is 1. The summed E-state index contributed by atoms with van der Waals surface area (Å²) in [5, 5.41) is 5.73. The van der Waals surface area contributed by atoms with Crippen molar-refractivity contribution in [2.45, 2.75) is 16.3 Å². The minimum atomic E-state index is -3.71. The Morgan fingerprint density at radius 1 is 0.943 bits per heavy atom. The van der Waals surface area contributed by atoms with Crippen molar-refractivity contribution >= 4 is 58.2 Å². The minimum Gasteiger partial charge on any atom is -0.350 e. The summed E-state index contributed by atoms with van der Waals surface area (Å²) in [6, 6.07) is 23.6. The van der Waals surface area contributed by atoms with Crippen LogP contribution in [-0.2, 0) is 16.4 Å². The molecule has 0 aliphatic rings. The number of fused-ring (bicyclic) bond motifs is 4. The van der Waals surface area contributed by atoms with Crippen LogP contribution in [0.1, 0.15) is 16.1 Å². The van der Waals surface area contributed by atoms with Crippen molar-refractivity contribution in [3.05, 3.63) is 103 Å². The predicted molar refractivity (Wildman–Crippen MR) is 138 cm³/mol. The first kappa shape index (κ1) is 21.5. The van der Waals surface area contributed by atoms with Crippen LogP contribution in [0.5, 0.6) is 0 Å². The molecule has 0 fully saturated rings. The fraction of sp³-hybridized carbons (Fsp3) is 0.0370. The van der Waals surface area contributed by atoms with Crippen LogP contribution >= 0.6 is 11.3 Å². The molecule has 2 N–H and O–H groups in total. The van der Waals surface area contributed by atoms with E-state index in [1.165, 1.54) is 11.3 Å². The number of benzene rings is 3. The van der Waals surface area contributed by atoms with E-state index in [2.05, 4.69) is 15.3 Å². The molecule has 35 heavy (non-hydrogen) atoms. The van der Waals surface area contributed by atoms with E-state index < -0.39 is 9.84 Å². The average molecular weight is 498 g/mol. The van der Waals surface area contributed by atoms with Gasteiger partial charge >= 0.3 is 0 Å².